The number of carboxylic acids is 1. The Bertz CT molecular complexity index is 1120. The fourth-order valence-electron chi connectivity index (χ4n) is 4.36. The van der Waals surface area contributed by atoms with Crippen LogP contribution in [0.2, 0.25) is 0 Å². The summed E-state index contributed by atoms with van der Waals surface area (Å²) < 4.78 is 7.72. The molecule has 1 N–H and O–H groups in total. The van der Waals surface area contributed by atoms with Crippen LogP contribution in [0.4, 0.5) is 5.69 Å². The minimum Gasteiger partial charge on any atom is -0.481 e. The van der Waals surface area contributed by atoms with Gasteiger partial charge in [0, 0.05) is 11.8 Å². The number of fused-ring (bicyclic) bond motifs is 3. The monoisotopic (exact) mass is 408 g/mol. The van der Waals surface area contributed by atoms with E-state index in [0.29, 0.717) is 6.54 Å². The van der Waals surface area contributed by atoms with Gasteiger partial charge in [0.25, 0.3) is 0 Å². The standard InChI is InChI=1S/C23H24N2O3S/c1-12-6-8-16(9-7-12)20-14(3)21-22-15(4)28-24-18(22)11-25(29-5)23(21)13(2)17(20)10-19(26)27/h6-9H,10-11H2,1-5H3,(H,26,27). The van der Waals surface area contributed by atoms with E-state index < -0.39 is 5.97 Å². The van der Waals surface area contributed by atoms with Gasteiger partial charge in [-0.25, -0.2) is 0 Å². The molecule has 1 aromatic heterocycles. The van der Waals surface area contributed by atoms with E-state index >= 15 is 0 Å². The molecule has 0 atom stereocenters. The predicted octanol–water partition coefficient (Wildman–Crippen LogP) is 5.47. The highest BCUT2D eigenvalue weighted by Crippen LogP contribution is 2.50. The third-order valence-corrected chi connectivity index (χ3v) is 6.46. The lowest BCUT2D eigenvalue weighted by molar-refractivity contribution is -0.136. The van der Waals surface area contributed by atoms with Crippen LogP contribution in [-0.2, 0) is 17.8 Å². The maximum absolute atomic E-state index is 11.8. The quantitative estimate of drug-likeness (QED) is 0.578. The zero-order chi connectivity index (χ0) is 20.9. The molecular weight excluding hydrogens is 384 g/mol. The van der Waals surface area contributed by atoms with Gasteiger partial charge in [0.2, 0.25) is 0 Å². The van der Waals surface area contributed by atoms with Gasteiger partial charge in [-0.2, -0.15) is 0 Å². The molecule has 0 spiro atoms. The molecule has 4 rings (SSSR count). The second kappa shape index (κ2) is 7.26. The molecule has 1 aliphatic rings. The average Bonchev–Trinajstić information content (AvgIpc) is 3.06. The molecule has 150 valence electrons. The number of hydrogen-bond acceptors (Lipinski definition) is 5. The van der Waals surface area contributed by atoms with Gasteiger partial charge >= 0.3 is 5.97 Å². The van der Waals surface area contributed by atoms with E-state index in [1.165, 1.54) is 5.56 Å². The molecule has 0 saturated carbocycles. The number of rotatable bonds is 4. The van der Waals surface area contributed by atoms with Crippen LogP contribution >= 0.6 is 11.9 Å². The lowest BCUT2D eigenvalue weighted by Gasteiger charge is -2.33. The molecule has 0 aliphatic carbocycles. The molecule has 0 fully saturated rings. The van der Waals surface area contributed by atoms with Crippen LogP contribution in [0.15, 0.2) is 28.8 Å². The van der Waals surface area contributed by atoms with Crippen molar-refractivity contribution < 1.29 is 14.4 Å². The van der Waals surface area contributed by atoms with E-state index in [9.17, 15) is 9.90 Å². The summed E-state index contributed by atoms with van der Waals surface area (Å²) in [4.78, 5) is 11.8. The number of aliphatic carboxylic acids is 1. The molecule has 29 heavy (non-hydrogen) atoms. The fraction of sp³-hybridized carbons (Fsp3) is 0.304. The van der Waals surface area contributed by atoms with Crippen molar-refractivity contribution in [3.05, 3.63) is 58.0 Å². The summed E-state index contributed by atoms with van der Waals surface area (Å²) in [6.45, 7) is 8.74. The number of hydrogen-bond donors (Lipinski definition) is 1. The highest BCUT2D eigenvalue weighted by atomic mass is 32.2. The highest BCUT2D eigenvalue weighted by Gasteiger charge is 2.33. The Morgan fingerprint density at radius 3 is 2.41 bits per heavy atom. The Labute approximate surface area is 174 Å². The van der Waals surface area contributed by atoms with E-state index in [-0.39, 0.29) is 6.42 Å². The summed E-state index contributed by atoms with van der Waals surface area (Å²) in [6.07, 6.45) is 2.02. The molecule has 0 unspecified atom stereocenters. The Morgan fingerprint density at radius 1 is 1.10 bits per heavy atom. The first-order valence-corrected chi connectivity index (χ1v) is 10.7. The number of aromatic nitrogens is 1. The number of anilines is 1. The smallest absolute Gasteiger partial charge is 0.307 e. The lowest BCUT2D eigenvalue weighted by atomic mass is 9.81. The van der Waals surface area contributed by atoms with Gasteiger partial charge in [-0.15, -0.1) is 0 Å². The Kier molecular flexibility index (Phi) is 4.90. The maximum Gasteiger partial charge on any atom is 0.307 e. The van der Waals surface area contributed by atoms with E-state index in [0.717, 1.165) is 56.1 Å². The van der Waals surface area contributed by atoms with Crippen LogP contribution in [0.3, 0.4) is 0 Å². The summed E-state index contributed by atoms with van der Waals surface area (Å²) in [7, 11) is 0. The van der Waals surface area contributed by atoms with Crippen molar-refractivity contribution in [1.29, 1.82) is 0 Å². The first kappa shape index (κ1) is 19.6. The molecule has 2 aromatic carbocycles. The van der Waals surface area contributed by atoms with E-state index in [2.05, 4.69) is 47.6 Å². The fourth-order valence-corrected chi connectivity index (χ4v) is 5.03. The van der Waals surface area contributed by atoms with Gasteiger partial charge < -0.3 is 13.9 Å². The number of carbonyl (C=O) groups is 1. The number of carboxylic acid groups (broad SMARTS) is 1. The summed E-state index contributed by atoms with van der Waals surface area (Å²) in [5, 5.41) is 13.9. The zero-order valence-corrected chi connectivity index (χ0v) is 18.1. The van der Waals surface area contributed by atoms with Crippen molar-refractivity contribution in [3.63, 3.8) is 0 Å². The molecule has 1 aliphatic heterocycles. The molecule has 0 radical (unpaired) electrons. The van der Waals surface area contributed by atoms with Crippen LogP contribution in [0.5, 0.6) is 0 Å². The van der Waals surface area contributed by atoms with E-state index in [4.69, 9.17) is 4.52 Å². The maximum atomic E-state index is 11.8. The SMILES string of the molecule is CSN1Cc2noc(C)c2-c2c(C)c(-c3ccc(C)cc3)c(CC(=O)O)c(C)c21. The molecule has 6 heteroatoms. The average molecular weight is 409 g/mol. The minimum absolute atomic E-state index is 0.0130. The number of benzene rings is 2. The summed E-state index contributed by atoms with van der Waals surface area (Å²) in [5.74, 6) is -0.0282. The minimum atomic E-state index is -0.825. The summed E-state index contributed by atoms with van der Waals surface area (Å²) in [5.41, 5.74) is 10.3. The first-order valence-electron chi connectivity index (χ1n) is 9.55. The second-order valence-electron chi connectivity index (χ2n) is 7.54. The van der Waals surface area contributed by atoms with Crippen LogP contribution in [0.1, 0.15) is 33.7 Å². The Morgan fingerprint density at radius 2 is 1.79 bits per heavy atom. The van der Waals surface area contributed by atoms with Crippen molar-refractivity contribution in [2.75, 3.05) is 10.6 Å². The molecule has 2 heterocycles. The van der Waals surface area contributed by atoms with Gasteiger partial charge in [-0.1, -0.05) is 46.9 Å². The largest absolute Gasteiger partial charge is 0.481 e. The lowest BCUT2D eigenvalue weighted by Crippen LogP contribution is -2.22. The Balaban J connectivity index is 2.12. The van der Waals surface area contributed by atoms with Crippen LogP contribution in [-0.4, -0.2) is 22.5 Å². The number of nitrogens with zero attached hydrogens (tertiary/aromatic N) is 2. The summed E-state index contributed by atoms with van der Waals surface area (Å²) in [6, 6.07) is 8.29. The van der Waals surface area contributed by atoms with E-state index in [1.807, 2.05) is 20.1 Å². The second-order valence-corrected chi connectivity index (χ2v) is 8.35. The third kappa shape index (κ3) is 3.12. The van der Waals surface area contributed by atoms with Crippen LogP contribution < -0.4 is 4.31 Å². The Hall–Kier alpha value is -2.73. The van der Waals surface area contributed by atoms with Crippen molar-refractivity contribution in [3.8, 4) is 22.3 Å². The topological polar surface area (TPSA) is 66.6 Å². The van der Waals surface area contributed by atoms with E-state index in [1.54, 1.807) is 11.9 Å². The first-order chi connectivity index (χ1) is 13.8. The van der Waals surface area contributed by atoms with Gasteiger partial charge in [0.15, 0.2) is 0 Å². The predicted molar refractivity (Wildman–Crippen MR) is 117 cm³/mol. The van der Waals surface area contributed by atoms with Crippen LogP contribution in [0, 0.1) is 27.7 Å². The van der Waals surface area contributed by atoms with Gasteiger partial charge in [-0.3, -0.25) is 4.79 Å². The zero-order valence-electron chi connectivity index (χ0n) is 17.3. The van der Waals surface area contributed by atoms with Crippen molar-refractivity contribution in [1.82, 2.24) is 5.16 Å². The molecule has 0 saturated heterocycles. The normalized spacial score (nSPS) is 12.7. The molecule has 3 aromatic rings. The van der Waals surface area contributed by atoms with Crippen molar-refractivity contribution >= 4 is 23.6 Å². The molecular formula is C23H24N2O3S. The van der Waals surface area contributed by atoms with Gasteiger partial charge in [0.05, 0.1) is 24.2 Å². The molecule has 0 amide bonds. The third-order valence-electron chi connectivity index (χ3n) is 5.71. The van der Waals surface area contributed by atoms with Crippen LogP contribution in [0.25, 0.3) is 22.3 Å². The van der Waals surface area contributed by atoms with Gasteiger partial charge in [-0.05, 0) is 55.5 Å². The molecule has 0 bridgehead atoms. The van der Waals surface area contributed by atoms with Crippen molar-refractivity contribution in [2.24, 2.45) is 0 Å². The number of aryl methyl sites for hydroxylation is 2. The highest BCUT2D eigenvalue weighted by molar-refractivity contribution is 7.99. The van der Waals surface area contributed by atoms with Gasteiger partial charge in [0.1, 0.15) is 11.5 Å². The van der Waals surface area contributed by atoms with Crippen molar-refractivity contribution in [2.45, 2.75) is 40.7 Å². The summed E-state index contributed by atoms with van der Waals surface area (Å²) >= 11 is 1.62. The molecule has 5 nitrogen and oxygen atoms in total.